The highest BCUT2D eigenvalue weighted by atomic mass is 79.9. The summed E-state index contributed by atoms with van der Waals surface area (Å²) in [6.07, 6.45) is 1.32. The van der Waals surface area contributed by atoms with Gasteiger partial charge in [-0.25, -0.2) is 13.8 Å². The summed E-state index contributed by atoms with van der Waals surface area (Å²) in [5.74, 6) is 0.362. The molecule has 0 bridgehead atoms. The van der Waals surface area contributed by atoms with Crippen LogP contribution in [-0.4, -0.2) is 53.3 Å². The summed E-state index contributed by atoms with van der Waals surface area (Å²) in [5, 5.41) is 16.3. The summed E-state index contributed by atoms with van der Waals surface area (Å²) in [4.78, 5) is 23.4. The smallest absolute Gasteiger partial charge is 0.289 e. The van der Waals surface area contributed by atoms with Gasteiger partial charge in [0.25, 0.3) is 21.6 Å². The third-order valence-electron chi connectivity index (χ3n) is 6.52. The van der Waals surface area contributed by atoms with Gasteiger partial charge in [-0.3, -0.25) is 19.2 Å². The fraction of sp³-hybridized carbons (Fsp3) is 0.161. The zero-order valence-electron chi connectivity index (χ0n) is 25.2. The molecule has 1 amide bonds. The number of hydrazone groups is 1. The Bertz CT molecular complexity index is 1910. The minimum atomic E-state index is -4.69. The van der Waals surface area contributed by atoms with E-state index >= 15 is 0 Å². The molecule has 4 aromatic rings. The van der Waals surface area contributed by atoms with Crippen LogP contribution in [0, 0.1) is 10.1 Å². The lowest BCUT2D eigenvalue weighted by Gasteiger charge is -2.25. The highest BCUT2D eigenvalue weighted by Crippen LogP contribution is 2.38. The molecule has 1 N–H and O–H groups in total. The van der Waals surface area contributed by atoms with Crippen molar-refractivity contribution in [1.29, 1.82) is 0 Å². The Morgan fingerprint density at radius 2 is 1.70 bits per heavy atom. The number of carbonyl (C=O) groups excluding carboxylic acids is 1. The van der Waals surface area contributed by atoms with Gasteiger partial charge in [-0.15, -0.1) is 0 Å². The van der Waals surface area contributed by atoms with Crippen molar-refractivity contribution in [2.24, 2.45) is 5.10 Å². The number of nitro groups is 1. The molecule has 0 atom stereocenters. The van der Waals surface area contributed by atoms with Crippen LogP contribution in [0.1, 0.15) is 11.1 Å². The first-order chi connectivity index (χ1) is 22.5. The molecule has 13 nitrogen and oxygen atoms in total. The molecule has 47 heavy (non-hydrogen) atoms. The Labute approximate surface area is 284 Å². The molecule has 0 spiro atoms. The number of sulfonamides is 1. The van der Waals surface area contributed by atoms with Gasteiger partial charge in [0, 0.05) is 17.2 Å². The van der Waals surface area contributed by atoms with Crippen molar-refractivity contribution in [3.05, 3.63) is 110 Å². The maximum Gasteiger partial charge on any atom is 0.289 e. The van der Waals surface area contributed by atoms with Gasteiger partial charge in [-0.1, -0.05) is 35.9 Å². The molecule has 0 heterocycles. The van der Waals surface area contributed by atoms with Crippen molar-refractivity contribution in [1.82, 2.24) is 5.43 Å². The van der Waals surface area contributed by atoms with Crippen LogP contribution in [0.5, 0.6) is 23.0 Å². The second kappa shape index (κ2) is 15.6. The van der Waals surface area contributed by atoms with Gasteiger partial charge in [0.15, 0.2) is 16.4 Å². The number of amides is 1. The maximum absolute atomic E-state index is 13.9. The van der Waals surface area contributed by atoms with E-state index in [1.54, 1.807) is 24.3 Å². The fourth-order valence-electron chi connectivity index (χ4n) is 4.27. The summed E-state index contributed by atoms with van der Waals surface area (Å²) in [5.41, 5.74) is 2.98. The van der Waals surface area contributed by atoms with Crippen LogP contribution in [0.15, 0.2) is 93.3 Å². The molecule has 0 aliphatic rings. The second-order valence-corrected chi connectivity index (χ2v) is 12.6. The predicted molar refractivity (Wildman–Crippen MR) is 179 cm³/mol. The minimum Gasteiger partial charge on any atom is -0.497 e. The Kier molecular flexibility index (Phi) is 11.6. The number of nitro benzene ring substituents is 1. The van der Waals surface area contributed by atoms with Crippen molar-refractivity contribution >= 4 is 61.1 Å². The van der Waals surface area contributed by atoms with Crippen molar-refractivity contribution in [2.75, 3.05) is 32.2 Å². The first kappa shape index (κ1) is 35.0. The number of methoxy groups -OCH3 is 3. The van der Waals surface area contributed by atoms with Crippen molar-refractivity contribution in [2.45, 2.75) is 11.5 Å². The van der Waals surface area contributed by atoms with Gasteiger partial charge in [0.1, 0.15) is 24.7 Å². The van der Waals surface area contributed by atoms with Crippen LogP contribution >= 0.6 is 27.5 Å². The molecule has 246 valence electrons. The van der Waals surface area contributed by atoms with Crippen LogP contribution in [0.3, 0.4) is 0 Å². The van der Waals surface area contributed by atoms with Gasteiger partial charge in [-0.05, 0) is 69.5 Å². The number of nitrogens with zero attached hydrogens (tertiary/aromatic N) is 3. The van der Waals surface area contributed by atoms with Gasteiger partial charge in [0.05, 0.1) is 42.6 Å². The lowest BCUT2D eigenvalue weighted by Crippen LogP contribution is -2.40. The molecular weight excluding hydrogens is 720 g/mol. The van der Waals surface area contributed by atoms with Crippen LogP contribution in [0.25, 0.3) is 0 Å². The SMILES string of the molecule is COc1ccc(N(CC(=O)N/N=C\c2cc(Br)c(OCc3ccc(Cl)cc3)c(OC)c2)S(=O)(=O)c2ccccc2[N+](=O)[O-])c(OC)c1. The number of carbonyl (C=O) groups is 1. The maximum atomic E-state index is 13.9. The molecule has 0 fully saturated rings. The fourth-order valence-corrected chi connectivity index (χ4v) is 6.56. The molecule has 4 rings (SSSR count). The Morgan fingerprint density at radius 1 is 1.00 bits per heavy atom. The average molecular weight is 748 g/mol. The Morgan fingerprint density at radius 3 is 2.36 bits per heavy atom. The van der Waals surface area contributed by atoms with Gasteiger partial charge >= 0.3 is 0 Å². The van der Waals surface area contributed by atoms with E-state index in [1.165, 1.54) is 57.9 Å². The van der Waals surface area contributed by atoms with E-state index in [0.29, 0.717) is 36.6 Å². The van der Waals surface area contributed by atoms with Crippen LogP contribution in [-0.2, 0) is 21.4 Å². The van der Waals surface area contributed by atoms with Crippen LogP contribution in [0.4, 0.5) is 11.4 Å². The average Bonchev–Trinajstić information content (AvgIpc) is 3.06. The van der Waals surface area contributed by atoms with E-state index < -0.39 is 38.0 Å². The van der Waals surface area contributed by atoms with Gasteiger partial charge < -0.3 is 18.9 Å². The van der Waals surface area contributed by atoms with Crippen molar-refractivity contribution < 1.29 is 37.1 Å². The highest BCUT2D eigenvalue weighted by molar-refractivity contribution is 9.10. The van der Waals surface area contributed by atoms with Crippen molar-refractivity contribution in [3.63, 3.8) is 0 Å². The molecule has 0 radical (unpaired) electrons. The topological polar surface area (TPSA) is 159 Å². The van der Waals surface area contributed by atoms with Gasteiger partial charge in [-0.2, -0.15) is 5.10 Å². The number of hydrogen-bond acceptors (Lipinski definition) is 10. The Hall–Kier alpha value is -4.86. The van der Waals surface area contributed by atoms with Gasteiger partial charge in [0.2, 0.25) is 0 Å². The van der Waals surface area contributed by atoms with Crippen molar-refractivity contribution in [3.8, 4) is 23.0 Å². The number of benzene rings is 4. The van der Waals surface area contributed by atoms with E-state index in [2.05, 4.69) is 26.5 Å². The summed E-state index contributed by atoms with van der Waals surface area (Å²) in [6.45, 7) is -0.556. The lowest BCUT2D eigenvalue weighted by atomic mass is 10.2. The molecule has 0 unspecified atom stereocenters. The van der Waals surface area contributed by atoms with E-state index in [4.69, 9.17) is 30.5 Å². The molecule has 0 aliphatic heterocycles. The molecule has 4 aromatic carbocycles. The zero-order valence-corrected chi connectivity index (χ0v) is 28.3. The number of rotatable bonds is 14. The summed E-state index contributed by atoms with van der Waals surface area (Å²) >= 11 is 9.42. The third-order valence-corrected chi connectivity index (χ3v) is 9.17. The number of para-hydroxylation sites is 1. The number of nitrogens with one attached hydrogen (secondary N) is 1. The largest absolute Gasteiger partial charge is 0.497 e. The minimum absolute atomic E-state index is 0.0399. The number of hydrogen-bond donors (Lipinski definition) is 1. The number of halogens is 2. The van der Waals surface area contributed by atoms with E-state index in [-0.39, 0.29) is 18.0 Å². The number of anilines is 1. The lowest BCUT2D eigenvalue weighted by molar-refractivity contribution is -0.387. The molecule has 0 saturated carbocycles. The van der Waals surface area contributed by atoms with E-state index in [9.17, 15) is 23.3 Å². The summed E-state index contributed by atoms with van der Waals surface area (Å²) in [7, 11) is -0.496. The highest BCUT2D eigenvalue weighted by Gasteiger charge is 2.34. The molecule has 0 aromatic heterocycles. The quantitative estimate of drug-likeness (QED) is 0.0933. The zero-order chi connectivity index (χ0) is 34.1. The van der Waals surface area contributed by atoms with E-state index in [0.717, 1.165) is 17.7 Å². The van der Waals surface area contributed by atoms with E-state index in [1.807, 2.05) is 12.1 Å². The summed E-state index contributed by atoms with van der Waals surface area (Å²) in [6, 6.07) is 19.6. The first-order valence-electron chi connectivity index (χ1n) is 13.5. The predicted octanol–water partition coefficient (Wildman–Crippen LogP) is 5.96. The second-order valence-electron chi connectivity index (χ2n) is 9.52. The first-order valence-corrected chi connectivity index (χ1v) is 16.1. The third kappa shape index (κ3) is 8.49. The molecule has 0 saturated heterocycles. The molecular formula is C31H28BrClN4O9S. The Balaban J connectivity index is 1.58. The summed E-state index contributed by atoms with van der Waals surface area (Å²) < 4.78 is 51.0. The number of ether oxygens (including phenoxy) is 4. The van der Waals surface area contributed by atoms with Crippen LogP contribution in [0.2, 0.25) is 5.02 Å². The molecule has 16 heteroatoms. The standard InChI is InChI=1S/C31H28BrClN4O9S/c1-43-23-12-13-25(27(16-23)44-2)36(47(41,42)29-7-5-4-6-26(29)37(39)40)18-30(38)35-34-17-21-14-24(32)31(28(15-21)45-3)46-19-20-8-10-22(33)11-9-20/h4-17H,18-19H2,1-3H3,(H,35,38)/b34-17-. The molecule has 0 aliphatic carbocycles. The van der Waals surface area contributed by atoms with Crippen LogP contribution < -0.4 is 28.7 Å². The monoisotopic (exact) mass is 746 g/mol. The normalized spacial score (nSPS) is 11.2.